The smallest absolute Gasteiger partial charge is 0.324 e. The molecule has 0 bridgehead atoms. The Morgan fingerprint density at radius 2 is 1.79 bits per heavy atom. The summed E-state index contributed by atoms with van der Waals surface area (Å²) in [6, 6.07) is 12.3. The van der Waals surface area contributed by atoms with Gasteiger partial charge >= 0.3 is 12.0 Å². The Morgan fingerprint density at radius 3 is 2.49 bits per heavy atom. The van der Waals surface area contributed by atoms with Crippen LogP contribution in [0.25, 0.3) is 11.4 Å². The minimum absolute atomic E-state index is 0.0472. The lowest BCUT2D eigenvalue weighted by Gasteiger charge is -2.34. The van der Waals surface area contributed by atoms with Gasteiger partial charge in [-0.15, -0.1) is 0 Å². The number of hydrogen-bond donors (Lipinski definition) is 1. The van der Waals surface area contributed by atoms with Gasteiger partial charge in [0.1, 0.15) is 0 Å². The third kappa shape index (κ3) is 7.29. The van der Waals surface area contributed by atoms with Crippen molar-refractivity contribution >= 4 is 12.0 Å². The number of nitrogens with one attached hydrogen (secondary N) is 1. The van der Waals surface area contributed by atoms with Crippen molar-refractivity contribution in [2.24, 2.45) is 5.92 Å². The molecular weight excluding hydrogens is 504 g/mol. The summed E-state index contributed by atoms with van der Waals surface area (Å²) < 4.78 is 30.9. The van der Waals surface area contributed by atoms with E-state index in [4.69, 9.17) is 4.52 Å². The monoisotopic (exact) mass is 539 g/mol. The maximum Gasteiger partial charge on any atom is 0.324 e. The van der Waals surface area contributed by atoms with Crippen LogP contribution >= 0.6 is 0 Å². The fraction of sp³-hybridized carbons (Fsp3) is 0.500. The summed E-state index contributed by atoms with van der Waals surface area (Å²) >= 11 is 0. The Morgan fingerprint density at radius 1 is 1.03 bits per heavy atom. The van der Waals surface area contributed by atoms with Gasteiger partial charge in [0.25, 0.3) is 6.43 Å². The van der Waals surface area contributed by atoms with E-state index < -0.39 is 6.43 Å². The van der Waals surface area contributed by atoms with Crippen LogP contribution in [0.3, 0.4) is 0 Å². The Hall–Kier alpha value is -3.60. The van der Waals surface area contributed by atoms with Crippen molar-refractivity contribution in [2.45, 2.75) is 32.1 Å². The van der Waals surface area contributed by atoms with E-state index in [1.807, 2.05) is 17.2 Å². The van der Waals surface area contributed by atoms with Crippen LogP contribution < -0.4 is 10.2 Å². The summed E-state index contributed by atoms with van der Waals surface area (Å²) in [6.45, 7) is 6.11. The lowest BCUT2D eigenvalue weighted by atomic mass is 9.92. The first-order valence-electron chi connectivity index (χ1n) is 13.7. The van der Waals surface area contributed by atoms with E-state index in [-0.39, 0.29) is 11.6 Å². The molecule has 2 saturated heterocycles. The minimum Gasteiger partial charge on any atom is -0.338 e. The highest BCUT2D eigenvalue weighted by Crippen LogP contribution is 2.25. The first-order valence-corrected chi connectivity index (χ1v) is 13.7. The van der Waals surface area contributed by atoms with Crippen molar-refractivity contribution < 1.29 is 18.1 Å². The zero-order chi connectivity index (χ0) is 27.0. The molecule has 0 aliphatic carbocycles. The summed E-state index contributed by atoms with van der Waals surface area (Å²) in [6.07, 6.45) is 3.73. The molecule has 3 aromatic rings. The van der Waals surface area contributed by atoms with Gasteiger partial charge in [-0.2, -0.15) is 4.98 Å². The molecule has 2 fully saturated rings. The third-order valence-electron chi connectivity index (χ3n) is 7.53. The quantitative estimate of drug-likeness (QED) is 0.407. The molecule has 0 saturated carbocycles. The fourth-order valence-electron chi connectivity index (χ4n) is 5.18. The van der Waals surface area contributed by atoms with Crippen molar-refractivity contribution in [2.75, 3.05) is 57.3 Å². The molecule has 2 aliphatic rings. The molecule has 0 radical (unpaired) electrons. The molecule has 11 heteroatoms. The summed E-state index contributed by atoms with van der Waals surface area (Å²) in [7, 11) is 0. The second-order valence-electron chi connectivity index (χ2n) is 10.2. The molecule has 39 heavy (non-hydrogen) atoms. The van der Waals surface area contributed by atoms with E-state index >= 15 is 0 Å². The number of nitrogens with zero attached hydrogens (tertiary/aromatic N) is 6. The van der Waals surface area contributed by atoms with Crippen molar-refractivity contribution in [3.05, 3.63) is 59.9 Å². The van der Waals surface area contributed by atoms with Gasteiger partial charge in [-0.1, -0.05) is 35.5 Å². The standard InChI is InChI=1S/C28H35F2N7O2/c29-25(30)22-5-7-23(8-6-22)26-33-28(39-34-26)37-18-16-36(17-19-37)27(38)32-12-3-13-35-14-9-21(10-15-35)20-24-4-1-2-11-31-24/h1-2,4-8,11,21,25H,3,9-10,12-20H2,(H,32,38). The number of piperidine rings is 1. The average molecular weight is 540 g/mol. The molecule has 5 rings (SSSR count). The summed E-state index contributed by atoms with van der Waals surface area (Å²) in [5, 5.41) is 7.04. The van der Waals surface area contributed by atoms with Crippen molar-refractivity contribution in [3.8, 4) is 11.4 Å². The molecule has 0 spiro atoms. The summed E-state index contributed by atoms with van der Waals surface area (Å²) in [5.41, 5.74) is 1.75. The molecule has 2 amide bonds. The highest BCUT2D eigenvalue weighted by molar-refractivity contribution is 5.74. The number of hydrogen-bond acceptors (Lipinski definition) is 7. The number of alkyl halides is 2. The van der Waals surface area contributed by atoms with Gasteiger partial charge in [0.2, 0.25) is 5.82 Å². The molecular formula is C28H35F2N7O2. The number of carbonyl (C=O) groups excluding carboxylic acids is 1. The Balaban J connectivity index is 0.974. The van der Waals surface area contributed by atoms with E-state index in [2.05, 4.69) is 37.5 Å². The maximum atomic E-state index is 12.8. The zero-order valence-electron chi connectivity index (χ0n) is 22.0. The molecule has 4 heterocycles. The van der Waals surface area contributed by atoms with Crippen LogP contribution in [0, 0.1) is 5.92 Å². The number of carbonyl (C=O) groups is 1. The topological polar surface area (TPSA) is 90.6 Å². The van der Waals surface area contributed by atoms with Gasteiger partial charge in [-0.25, -0.2) is 13.6 Å². The lowest BCUT2D eigenvalue weighted by Crippen LogP contribution is -2.52. The summed E-state index contributed by atoms with van der Waals surface area (Å²) in [4.78, 5) is 27.7. The Bertz CT molecular complexity index is 1180. The first-order chi connectivity index (χ1) is 19.0. The largest absolute Gasteiger partial charge is 0.338 e. The number of amides is 2. The summed E-state index contributed by atoms with van der Waals surface area (Å²) in [5.74, 6) is 1.05. The normalized spacial score (nSPS) is 17.1. The Labute approximate surface area is 227 Å². The number of likely N-dealkylation sites (tertiary alicyclic amines) is 1. The van der Waals surface area contributed by atoms with E-state index in [1.54, 1.807) is 17.0 Å². The van der Waals surface area contributed by atoms with Crippen molar-refractivity contribution in [1.82, 2.24) is 30.2 Å². The van der Waals surface area contributed by atoms with E-state index in [9.17, 15) is 13.6 Å². The molecule has 1 N–H and O–H groups in total. The van der Waals surface area contributed by atoms with Gasteiger partial charge in [-0.05, 0) is 63.4 Å². The van der Waals surface area contributed by atoms with E-state index in [1.165, 1.54) is 30.7 Å². The maximum absolute atomic E-state index is 12.8. The van der Waals surface area contributed by atoms with Crippen molar-refractivity contribution in [1.29, 1.82) is 0 Å². The zero-order valence-corrected chi connectivity index (χ0v) is 22.0. The molecule has 2 aliphatic heterocycles. The van der Waals surface area contributed by atoms with Crippen LogP contribution in [-0.4, -0.2) is 83.3 Å². The number of urea groups is 1. The second-order valence-corrected chi connectivity index (χ2v) is 10.2. The first kappa shape index (κ1) is 27.0. The molecule has 1 aromatic carbocycles. The predicted octanol–water partition coefficient (Wildman–Crippen LogP) is 4.25. The van der Waals surface area contributed by atoms with Crippen LogP contribution in [0.15, 0.2) is 53.2 Å². The molecule has 2 aromatic heterocycles. The van der Waals surface area contributed by atoms with Gasteiger partial charge in [0, 0.05) is 55.7 Å². The van der Waals surface area contributed by atoms with Gasteiger partial charge < -0.3 is 24.5 Å². The number of piperazine rings is 1. The number of aromatic nitrogens is 3. The number of benzene rings is 1. The Kier molecular flexibility index (Phi) is 8.97. The van der Waals surface area contributed by atoms with Gasteiger partial charge in [0.15, 0.2) is 0 Å². The van der Waals surface area contributed by atoms with Gasteiger partial charge in [-0.3, -0.25) is 4.98 Å². The molecule has 0 unspecified atom stereocenters. The van der Waals surface area contributed by atoms with Crippen molar-refractivity contribution in [3.63, 3.8) is 0 Å². The molecule has 0 atom stereocenters. The lowest BCUT2D eigenvalue weighted by molar-refractivity contribution is 0.151. The van der Waals surface area contributed by atoms with Crippen LogP contribution in [-0.2, 0) is 6.42 Å². The number of rotatable bonds is 9. The minimum atomic E-state index is -2.51. The van der Waals surface area contributed by atoms with Crippen LogP contribution in [0.4, 0.5) is 19.6 Å². The average Bonchev–Trinajstić information content (AvgIpc) is 3.47. The number of halogens is 2. The SMILES string of the molecule is O=C(NCCCN1CCC(Cc2ccccn2)CC1)N1CCN(c2nc(-c3ccc(C(F)F)cc3)no2)CC1. The third-order valence-corrected chi connectivity index (χ3v) is 7.53. The highest BCUT2D eigenvalue weighted by atomic mass is 19.3. The predicted molar refractivity (Wildman–Crippen MR) is 144 cm³/mol. The second kappa shape index (κ2) is 13.0. The van der Waals surface area contributed by atoms with Gasteiger partial charge in [0.05, 0.1) is 0 Å². The number of anilines is 1. The van der Waals surface area contributed by atoms with Crippen LogP contribution in [0.1, 0.15) is 36.9 Å². The number of pyridine rings is 1. The van der Waals surface area contributed by atoms with E-state index in [0.29, 0.717) is 56.0 Å². The molecule has 9 nitrogen and oxygen atoms in total. The van der Waals surface area contributed by atoms with Crippen LogP contribution in [0.5, 0.6) is 0 Å². The fourth-order valence-corrected chi connectivity index (χ4v) is 5.18. The van der Waals surface area contributed by atoms with Crippen LogP contribution in [0.2, 0.25) is 0 Å². The van der Waals surface area contributed by atoms with E-state index in [0.717, 1.165) is 32.5 Å². The highest BCUT2D eigenvalue weighted by Gasteiger charge is 2.25. The molecule has 208 valence electrons.